The number of rotatable bonds is 8. The van der Waals surface area contributed by atoms with Crippen LogP contribution in [0.3, 0.4) is 0 Å². The molecule has 1 aromatic heterocycles. The van der Waals surface area contributed by atoms with Crippen LogP contribution >= 0.6 is 0 Å². The molecule has 2 fully saturated rings. The van der Waals surface area contributed by atoms with Gasteiger partial charge in [0.25, 0.3) is 0 Å². The molecule has 2 aromatic carbocycles. The zero-order valence-corrected chi connectivity index (χ0v) is 19.7. The van der Waals surface area contributed by atoms with E-state index in [4.69, 9.17) is 4.74 Å². The number of carbonyl (C=O) groups is 2. The van der Waals surface area contributed by atoms with Crippen molar-refractivity contribution in [3.63, 3.8) is 0 Å². The van der Waals surface area contributed by atoms with E-state index in [1.54, 1.807) is 6.92 Å². The van der Waals surface area contributed by atoms with Crippen LogP contribution in [-0.4, -0.2) is 35.2 Å². The Balaban J connectivity index is 1.29. The fraction of sp³-hybridized carbons (Fsp3) is 0.429. The summed E-state index contributed by atoms with van der Waals surface area (Å²) < 4.78 is 5.83. The molecule has 0 radical (unpaired) electrons. The molecule has 34 heavy (non-hydrogen) atoms. The van der Waals surface area contributed by atoms with Crippen molar-refractivity contribution in [2.24, 2.45) is 11.8 Å². The van der Waals surface area contributed by atoms with Gasteiger partial charge in [-0.1, -0.05) is 48.5 Å². The molecule has 0 saturated heterocycles. The molecule has 6 heteroatoms. The van der Waals surface area contributed by atoms with Gasteiger partial charge in [0.2, 0.25) is 5.91 Å². The summed E-state index contributed by atoms with van der Waals surface area (Å²) in [6.45, 7) is 2.28. The first kappa shape index (κ1) is 22.5. The Labute approximate surface area is 200 Å². The van der Waals surface area contributed by atoms with Gasteiger partial charge in [-0.25, -0.2) is 4.79 Å². The zero-order valence-electron chi connectivity index (χ0n) is 19.7. The number of aromatic nitrogens is 1. The highest BCUT2D eigenvalue weighted by molar-refractivity contribution is 5.91. The number of para-hydroxylation sites is 1. The minimum Gasteiger partial charge on any atom is -0.446 e. The zero-order chi connectivity index (χ0) is 23.5. The number of amides is 2. The quantitative estimate of drug-likeness (QED) is 0.455. The van der Waals surface area contributed by atoms with Crippen LogP contribution in [0.4, 0.5) is 4.79 Å². The van der Waals surface area contributed by atoms with Crippen LogP contribution in [0, 0.1) is 11.8 Å². The van der Waals surface area contributed by atoms with Gasteiger partial charge < -0.3 is 20.4 Å². The Morgan fingerprint density at radius 1 is 1.06 bits per heavy atom. The summed E-state index contributed by atoms with van der Waals surface area (Å²) in [4.78, 5) is 29.7. The van der Waals surface area contributed by atoms with E-state index in [2.05, 4.69) is 15.6 Å². The van der Waals surface area contributed by atoms with Crippen molar-refractivity contribution in [2.45, 2.75) is 57.1 Å². The van der Waals surface area contributed by atoms with E-state index in [0.29, 0.717) is 24.8 Å². The summed E-state index contributed by atoms with van der Waals surface area (Å²) in [7, 11) is 0. The van der Waals surface area contributed by atoms with Gasteiger partial charge in [0.1, 0.15) is 11.6 Å². The van der Waals surface area contributed by atoms with Crippen LogP contribution in [0.2, 0.25) is 0 Å². The van der Waals surface area contributed by atoms with Crippen molar-refractivity contribution >= 4 is 22.9 Å². The topological polar surface area (TPSA) is 83.2 Å². The van der Waals surface area contributed by atoms with Gasteiger partial charge in [0, 0.05) is 30.1 Å². The van der Waals surface area contributed by atoms with Gasteiger partial charge in [-0.2, -0.15) is 0 Å². The van der Waals surface area contributed by atoms with Crippen LogP contribution in [0.15, 0.2) is 60.8 Å². The molecule has 2 amide bonds. The minimum absolute atomic E-state index is 0.0303. The molecular formula is C28H33N3O3. The van der Waals surface area contributed by atoms with Crippen LogP contribution in [0.25, 0.3) is 10.9 Å². The molecule has 2 bridgehead atoms. The fourth-order valence-electron chi connectivity index (χ4n) is 5.72. The maximum atomic E-state index is 13.4. The first-order chi connectivity index (χ1) is 16.5. The molecule has 1 unspecified atom stereocenters. The Bertz CT molecular complexity index is 1160. The van der Waals surface area contributed by atoms with Crippen molar-refractivity contribution in [3.8, 4) is 0 Å². The molecule has 2 saturated carbocycles. The van der Waals surface area contributed by atoms with E-state index < -0.39 is 11.6 Å². The van der Waals surface area contributed by atoms with Gasteiger partial charge in [-0.15, -0.1) is 0 Å². The molecule has 2 aliphatic carbocycles. The molecule has 5 rings (SSSR count). The lowest BCUT2D eigenvalue weighted by atomic mass is 9.91. The Hall–Kier alpha value is -3.28. The second kappa shape index (κ2) is 9.53. The predicted molar refractivity (Wildman–Crippen MR) is 132 cm³/mol. The molecule has 4 atom stereocenters. The lowest BCUT2D eigenvalue weighted by Crippen LogP contribution is -2.59. The summed E-state index contributed by atoms with van der Waals surface area (Å²) in [5.41, 5.74) is 2.01. The largest absolute Gasteiger partial charge is 0.446 e. The van der Waals surface area contributed by atoms with E-state index in [1.165, 1.54) is 6.42 Å². The highest BCUT2D eigenvalue weighted by Gasteiger charge is 2.43. The summed E-state index contributed by atoms with van der Waals surface area (Å²) >= 11 is 0. The Morgan fingerprint density at radius 2 is 1.85 bits per heavy atom. The molecule has 2 aliphatic rings. The molecule has 178 valence electrons. The van der Waals surface area contributed by atoms with E-state index in [9.17, 15) is 9.59 Å². The van der Waals surface area contributed by atoms with Crippen molar-refractivity contribution in [1.82, 2.24) is 15.6 Å². The van der Waals surface area contributed by atoms with Gasteiger partial charge in [-0.05, 0) is 68.1 Å². The normalized spacial score (nSPS) is 22.9. The molecule has 3 N–H and O–H groups in total. The highest BCUT2D eigenvalue weighted by Crippen LogP contribution is 2.45. The average Bonchev–Trinajstić information content (AvgIpc) is 3.56. The molecule has 3 aromatic rings. The van der Waals surface area contributed by atoms with Crippen molar-refractivity contribution < 1.29 is 14.3 Å². The molecule has 1 heterocycles. The van der Waals surface area contributed by atoms with E-state index in [0.717, 1.165) is 47.7 Å². The SMILES string of the molecule is CC(Cc1c[nH]c2ccccc12)(NC(=O)O[C@H]1C[C@H]2CC[C@@H]1C2)C(=O)NCCc1ccccc1. The predicted octanol–water partition coefficient (Wildman–Crippen LogP) is 4.74. The Kier molecular flexibility index (Phi) is 6.31. The molecular weight excluding hydrogens is 426 g/mol. The third-order valence-corrected chi connectivity index (χ3v) is 7.57. The lowest BCUT2D eigenvalue weighted by molar-refractivity contribution is -0.127. The van der Waals surface area contributed by atoms with Crippen LogP contribution in [0.1, 0.15) is 43.7 Å². The average molecular weight is 460 g/mol. The summed E-state index contributed by atoms with van der Waals surface area (Å²) in [6, 6.07) is 18.0. The number of fused-ring (bicyclic) bond motifs is 3. The summed E-state index contributed by atoms with van der Waals surface area (Å²) in [5, 5.41) is 7.03. The minimum atomic E-state index is -1.14. The molecule has 0 aliphatic heterocycles. The summed E-state index contributed by atoms with van der Waals surface area (Å²) in [5.74, 6) is 0.940. The van der Waals surface area contributed by atoms with Gasteiger partial charge in [0.15, 0.2) is 0 Å². The van der Waals surface area contributed by atoms with Gasteiger partial charge in [-0.3, -0.25) is 4.79 Å². The maximum Gasteiger partial charge on any atom is 0.408 e. The molecule has 0 spiro atoms. The van der Waals surface area contributed by atoms with Crippen LogP contribution < -0.4 is 10.6 Å². The van der Waals surface area contributed by atoms with Gasteiger partial charge in [0.05, 0.1) is 0 Å². The first-order valence-corrected chi connectivity index (χ1v) is 12.4. The smallest absolute Gasteiger partial charge is 0.408 e. The van der Waals surface area contributed by atoms with Crippen LogP contribution in [-0.2, 0) is 22.4 Å². The van der Waals surface area contributed by atoms with Crippen molar-refractivity contribution in [3.05, 3.63) is 71.9 Å². The number of alkyl carbamates (subject to hydrolysis) is 1. The van der Waals surface area contributed by atoms with E-state index in [-0.39, 0.29) is 12.0 Å². The fourth-order valence-corrected chi connectivity index (χ4v) is 5.72. The maximum absolute atomic E-state index is 13.4. The van der Waals surface area contributed by atoms with Crippen LogP contribution in [0.5, 0.6) is 0 Å². The number of ether oxygens (including phenoxy) is 1. The third kappa shape index (κ3) is 4.81. The first-order valence-electron chi connectivity index (χ1n) is 12.4. The van der Waals surface area contributed by atoms with Gasteiger partial charge >= 0.3 is 6.09 Å². The van der Waals surface area contributed by atoms with E-state index >= 15 is 0 Å². The van der Waals surface area contributed by atoms with E-state index in [1.807, 2.05) is 60.8 Å². The number of carbonyl (C=O) groups excluding carboxylic acids is 2. The molecule has 6 nitrogen and oxygen atoms in total. The van der Waals surface area contributed by atoms with Crippen molar-refractivity contribution in [1.29, 1.82) is 0 Å². The summed E-state index contributed by atoms with van der Waals surface area (Å²) in [6.07, 6.45) is 6.96. The number of aromatic amines is 1. The standard InChI is InChI=1S/C28H33N3O3/c1-28(17-22-18-30-24-10-6-5-9-23(22)24,26(32)29-14-13-19-7-3-2-4-8-19)31-27(33)34-25-16-20-11-12-21(25)15-20/h2-10,18,20-21,25,30H,11-17H2,1H3,(H,29,32)(H,31,33)/t20-,21+,25-,28?/m0/s1. The Morgan fingerprint density at radius 3 is 2.62 bits per heavy atom. The number of H-pyrrole nitrogens is 1. The number of hydrogen-bond acceptors (Lipinski definition) is 3. The lowest BCUT2D eigenvalue weighted by Gasteiger charge is -2.31. The number of benzene rings is 2. The highest BCUT2D eigenvalue weighted by atomic mass is 16.6. The van der Waals surface area contributed by atoms with Crippen molar-refractivity contribution in [2.75, 3.05) is 6.54 Å². The third-order valence-electron chi connectivity index (χ3n) is 7.57. The monoisotopic (exact) mass is 459 g/mol. The number of hydrogen-bond donors (Lipinski definition) is 3. The second-order valence-electron chi connectivity index (χ2n) is 10.1. The number of nitrogens with one attached hydrogen (secondary N) is 3. The second-order valence-corrected chi connectivity index (χ2v) is 10.1.